The lowest BCUT2D eigenvalue weighted by Gasteiger charge is -2.21. The van der Waals surface area contributed by atoms with Crippen molar-refractivity contribution in [3.8, 4) is 0 Å². The topological polar surface area (TPSA) is 80.5 Å². The number of hydrogen-bond acceptors (Lipinski definition) is 4. The number of rotatable bonds is 3. The van der Waals surface area contributed by atoms with Gasteiger partial charge in [-0.2, -0.15) is 0 Å². The predicted octanol–water partition coefficient (Wildman–Crippen LogP) is 1.36. The number of amides is 1. The highest BCUT2D eigenvalue weighted by Gasteiger charge is 2.34. The summed E-state index contributed by atoms with van der Waals surface area (Å²) in [6, 6.07) is 4.78. The summed E-state index contributed by atoms with van der Waals surface area (Å²) < 4.78 is 25.1. The normalized spacial score (nSPS) is 17.2. The number of anilines is 1. The first kappa shape index (κ1) is 14.8. The van der Waals surface area contributed by atoms with Crippen LogP contribution >= 0.6 is 0 Å². The van der Waals surface area contributed by atoms with E-state index < -0.39 is 15.1 Å². The SMILES string of the molecule is Cc1ccc(S(=O)(=O)C(C)C(=O)N2CCCC2)c(N)c1. The van der Waals surface area contributed by atoms with Gasteiger partial charge in [0.05, 0.1) is 10.6 Å². The molecule has 0 aromatic heterocycles. The largest absolute Gasteiger partial charge is 0.398 e. The summed E-state index contributed by atoms with van der Waals surface area (Å²) in [5.41, 5.74) is 6.88. The number of nitrogens with two attached hydrogens (primary N) is 1. The third kappa shape index (κ3) is 2.65. The summed E-state index contributed by atoms with van der Waals surface area (Å²) >= 11 is 0. The molecule has 1 aliphatic rings. The van der Waals surface area contributed by atoms with Crippen LogP contribution in [0.3, 0.4) is 0 Å². The van der Waals surface area contributed by atoms with Crippen molar-refractivity contribution < 1.29 is 13.2 Å². The quantitative estimate of drug-likeness (QED) is 0.854. The maximum absolute atomic E-state index is 12.5. The van der Waals surface area contributed by atoms with Crippen LogP contribution in [0.25, 0.3) is 0 Å². The highest BCUT2D eigenvalue weighted by Crippen LogP contribution is 2.25. The minimum absolute atomic E-state index is 0.0446. The Hall–Kier alpha value is -1.56. The molecule has 2 N–H and O–H groups in total. The van der Waals surface area contributed by atoms with Gasteiger partial charge in [-0.1, -0.05) is 6.07 Å². The summed E-state index contributed by atoms with van der Waals surface area (Å²) in [7, 11) is -3.74. The molecule has 0 radical (unpaired) electrons. The van der Waals surface area contributed by atoms with Crippen LogP contribution in [0, 0.1) is 6.92 Å². The van der Waals surface area contributed by atoms with Crippen LogP contribution < -0.4 is 5.73 Å². The van der Waals surface area contributed by atoms with E-state index >= 15 is 0 Å². The predicted molar refractivity (Wildman–Crippen MR) is 78.1 cm³/mol. The molecular weight excluding hydrogens is 276 g/mol. The Morgan fingerprint density at radius 2 is 1.90 bits per heavy atom. The van der Waals surface area contributed by atoms with Crippen LogP contribution in [0.2, 0.25) is 0 Å². The number of aryl methyl sites for hydroxylation is 1. The zero-order chi connectivity index (χ0) is 14.9. The van der Waals surface area contributed by atoms with Gasteiger partial charge in [0.15, 0.2) is 9.84 Å². The van der Waals surface area contributed by atoms with Crippen molar-refractivity contribution >= 4 is 21.4 Å². The van der Waals surface area contributed by atoms with Gasteiger partial charge in [0.1, 0.15) is 5.25 Å². The number of carbonyl (C=O) groups excluding carboxylic acids is 1. The molecule has 1 unspecified atom stereocenters. The van der Waals surface area contributed by atoms with Gasteiger partial charge in [-0.15, -0.1) is 0 Å². The number of carbonyl (C=O) groups is 1. The van der Waals surface area contributed by atoms with Crippen molar-refractivity contribution in [2.75, 3.05) is 18.8 Å². The van der Waals surface area contributed by atoms with Gasteiger partial charge in [0.2, 0.25) is 5.91 Å². The van der Waals surface area contributed by atoms with E-state index in [1.54, 1.807) is 17.0 Å². The number of nitrogen functional groups attached to an aromatic ring is 1. The second-order valence-corrected chi connectivity index (χ2v) is 7.50. The summed E-state index contributed by atoms with van der Waals surface area (Å²) in [6.45, 7) is 4.56. The van der Waals surface area contributed by atoms with E-state index in [9.17, 15) is 13.2 Å². The van der Waals surface area contributed by atoms with Gasteiger partial charge in [-0.25, -0.2) is 8.42 Å². The van der Waals surface area contributed by atoms with Gasteiger partial charge >= 0.3 is 0 Å². The van der Waals surface area contributed by atoms with Crippen LogP contribution in [-0.2, 0) is 14.6 Å². The molecule has 20 heavy (non-hydrogen) atoms. The van der Waals surface area contributed by atoms with E-state index in [1.807, 2.05) is 6.92 Å². The smallest absolute Gasteiger partial charge is 0.241 e. The monoisotopic (exact) mass is 296 g/mol. The van der Waals surface area contributed by atoms with Crippen LogP contribution in [0.4, 0.5) is 5.69 Å². The van der Waals surface area contributed by atoms with Crippen molar-refractivity contribution in [1.82, 2.24) is 4.90 Å². The average Bonchev–Trinajstić information content (AvgIpc) is 2.90. The molecule has 1 aliphatic heterocycles. The molecule has 1 amide bonds. The Kier molecular flexibility index (Phi) is 4.04. The van der Waals surface area contributed by atoms with E-state index in [4.69, 9.17) is 5.73 Å². The lowest BCUT2D eigenvalue weighted by molar-refractivity contribution is -0.129. The zero-order valence-corrected chi connectivity index (χ0v) is 12.6. The molecule has 1 fully saturated rings. The van der Waals surface area contributed by atoms with Crippen molar-refractivity contribution in [3.05, 3.63) is 23.8 Å². The fourth-order valence-corrected chi connectivity index (χ4v) is 3.89. The van der Waals surface area contributed by atoms with Crippen molar-refractivity contribution in [2.24, 2.45) is 0 Å². The Morgan fingerprint density at radius 3 is 2.45 bits per heavy atom. The van der Waals surface area contributed by atoms with Gasteiger partial charge in [-0.3, -0.25) is 4.79 Å². The second-order valence-electron chi connectivity index (χ2n) is 5.26. The number of sulfone groups is 1. The van der Waals surface area contributed by atoms with Gasteiger partial charge in [0, 0.05) is 13.1 Å². The maximum atomic E-state index is 12.5. The Morgan fingerprint density at radius 1 is 1.30 bits per heavy atom. The number of benzene rings is 1. The van der Waals surface area contributed by atoms with E-state index in [1.165, 1.54) is 13.0 Å². The minimum atomic E-state index is -3.74. The highest BCUT2D eigenvalue weighted by molar-refractivity contribution is 7.93. The van der Waals surface area contributed by atoms with Crippen molar-refractivity contribution in [2.45, 2.75) is 36.8 Å². The fourth-order valence-electron chi connectivity index (χ4n) is 2.44. The molecule has 2 rings (SSSR count). The first-order valence-corrected chi connectivity index (χ1v) is 8.27. The van der Waals surface area contributed by atoms with Crippen LogP contribution in [0.1, 0.15) is 25.3 Å². The highest BCUT2D eigenvalue weighted by atomic mass is 32.2. The van der Waals surface area contributed by atoms with Gasteiger partial charge < -0.3 is 10.6 Å². The molecule has 1 aromatic carbocycles. The molecule has 5 nitrogen and oxygen atoms in total. The second kappa shape index (κ2) is 5.44. The fraction of sp³-hybridized carbons (Fsp3) is 0.500. The van der Waals surface area contributed by atoms with E-state index in [0.29, 0.717) is 13.1 Å². The van der Waals surface area contributed by atoms with E-state index in [2.05, 4.69) is 0 Å². The number of nitrogens with zero attached hydrogens (tertiary/aromatic N) is 1. The van der Waals surface area contributed by atoms with Crippen LogP contribution in [0.5, 0.6) is 0 Å². The zero-order valence-electron chi connectivity index (χ0n) is 11.8. The molecule has 110 valence electrons. The average molecular weight is 296 g/mol. The maximum Gasteiger partial charge on any atom is 0.241 e. The van der Waals surface area contributed by atoms with Crippen molar-refractivity contribution in [3.63, 3.8) is 0 Å². The third-order valence-corrected chi connectivity index (χ3v) is 5.82. The molecule has 0 spiro atoms. The summed E-state index contributed by atoms with van der Waals surface area (Å²) in [5, 5.41) is -1.09. The summed E-state index contributed by atoms with van der Waals surface area (Å²) in [5.74, 6) is -0.331. The van der Waals surface area contributed by atoms with Crippen LogP contribution in [0.15, 0.2) is 23.1 Å². The lowest BCUT2D eigenvalue weighted by atomic mass is 10.2. The molecule has 6 heteroatoms. The van der Waals surface area contributed by atoms with E-state index in [0.717, 1.165) is 18.4 Å². The van der Waals surface area contributed by atoms with Gasteiger partial charge in [-0.05, 0) is 44.4 Å². The molecule has 0 bridgehead atoms. The Labute approximate surface area is 119 Å². The first-order valence-electron chi connectivity index (χ1n) is 6.73. The summed E-state index contributed by atoms with van der Waals surface area (Å²) in [6.07, 6.45) is 1.87. The van der Waals surface area contributed by atoms with Crippen LogP contribution in [-0.4, -0.2) is 37.6 Å². The Balaban J connectivity index is 2.31. The molecule has 0 saturated carbocycles. The molecule has 1 atom stereocenters. The molecule has 1 aromatic rings. The lowest BCUT2D eigenvalue weighted by Crippen LogP contribution is -2.40. The molecular formula is C14H20N2O3S. The molecule has 0 aliphatic carbocycles. The van der Waals surface area contributed by atoms with Gasteiger partial charge in [0.25, 0.3) is 0 Å². The standard InChI is InChI=1S/C14H20N2O3S/c1-10-5-6-13(12(15)9-10)20(18,19)11(2)14(17)16-7-3-4-8-16/h5-6,9,11H,3-4,7-8,15H2,1-2H3. The molecule has 1 heterocycles. The minimum Gasteiger partial charge on any atom is -0.398 e. The third-order valence-electron chi connectivity index (χ3n) is 3.70. The van der Waals surface area contributed by atoms with Crippen molar-refractivity contribution in [1.29, 1.82) is 0 Å². The molecule has 1 saturated heterocycles. The number of hydrogen-bond donors (Lipinski definition) is 1. The number of likely N-dealkylation sites (tertiary alicyclic amines) is 1. The van der Waals surface area contributed by atoms with E-state index in [-0.39, 0.29) is 16.5 Å². The Bertz CT molecular complexity index is 619. The first-order chi connectivity index (χ1) is 9.34. The summed E-state index contributed by atoms with van der Waals surface area (Å²) in [4.78, 5) is 13.9.